The Kier molecular flexibility index (Phi) is 5.74. The van der Waals surface area contributed by atoms with Gasteiger partial charge in [-0.15, -0.1) is 0 Å². The molecule has 0 fully saturated rings. The molecule has 1 aromatic carbocycles. The smallest absolute Gasteiger partial charge is 0.196 e. The van der Waals surface area contributed by atoms with Crippen LogP contribution >= 0.6 is 0 Å². The van der Waals surface area contributed by atoms with E-state index in [1.165, 1.54) is 0 Å². The molecule has 0 radical (unpaired) electrons. The van der Waals surface area contributed by atoms with Crippen molar-refractivity contribution < 1.29 is 9.53 Å². The molecule has 0 unspecified atom stereocenters. The van der Waals surface area contributed by atoms with Gasteiger partial charge in [0.2, 0.25) is 0 Å². The third-order valence-electron chi connectivity index (χ3n) is 3.16. The molecule has 0 saturated carbocycles. The van der Waals surface area contributed by atoms with Crippen LogP contribution in [0.5, 0.6) is 5.75 Å². The molecule has 0 saturated heterocycles. The average molecular weight is 312 g/mol. The third kappa shape index (κ3) is 4.81. The first-order valence-corrected chi connectivity index (χ1v) is 7.96. The lowest BCUT2D eigenvalue weighted by atomic mass is 10.0. The topological polar surface area (TPSA) is 51.2 Å². The second kappa shape index (κ2) is 7.77. The number of carbonyl (C=O) groups excluding carboxylic acids is 1. The number of aromatic nitrogens is 1. The number of nitrogens with zero attached hydrogens (tertiary/aromatic N) is 1. The highest BCUT2D eigenvalue weighted by atomic mass is 16.5. The fraction of sp³-hybridized carbons (Fsp3) is 0.368. The zero-order valence-corrected chi connectivity index (χ0v) is 14.2. The van der Waals surface area contributed by atoms with E-state index in [1.807, 2.05) is 26.0 Å². The number of anilines is 1. The lowest BCUT2D eigenvalue weighted by Crippen LogP contribution is -2.15. The summed E-state index contributed by atoms with van der Waals surface area (Å²) in [6, 6.07) is 11.1. The lowest BCUT2D eigenvalue weighted by Gasteiger charge is -2.13. The summed E-state index contributed by atoms with van der Waals surface area (Å²) in [5.41, 5.74) is 1.17. The van der Waals surface area contributed by atoms with Crippen molar-refractivity contribution in [1.29, 1.82) is 0 Å². The highest BCUT2D eigenvalue weighted by Crippen LogP contribution is 2.21. The Morgan fingerprint density at radius 3 is 2.65 bits per heavy atom. The molecule has 0 atom stereocenters. The maximum atomic E-state index is 12.8. The summed E-state index contributed by atoms with van der Waals surface area (Å²) < 4.78 is 5.71. The first-order valence-electron chi connectivity index (χ1n) is 7.96. The monoisotopic (exact) mass is 312 g/mol. The number of hydrogen-bond acceptors (Lipinski definition) is 4. The molecule has 122 valence electrons. The molecular weight excluding hydrogens is 288 g/mol. The molecule has 0 aliphatic carbocycles. The quantitative estimate of drug-likeness (QED) is 0.780. The largest absolute Gasteiger partial charge is 0.493 e. The Morgan fingerprint density at radius 2 is 1.96 bits per heavy atom. The molecule has 23 heavy (non-hydrogen) atoms. The summed E-state index contributed by atoms with van der Waals surface area (Å²) in [4.78, 5) is 17.1. The third-order valence-corrected chi connectivity index (χ3v) is 3.16. The number of rotatable bonds is 7. The van der Waals surface area contributed by atoms with Gasteiger partial charge < -0.3 is 10.1 Å². The van der Waals surface area contributed by atoms with Crippen LogP contribution in [0.1, 0.15) is 43.6 Å². The molecule has 1 heterocycles. The van der Waals surface area contributed by atoms with Crippen molar-refractivity contribution in [2.45, 2.75) is 33.7 Å². The molecule has 1 N–H and O–H groups in total. The van der Waals surface area contributed by atoms with Crippen molar-refractivity contribution in [2.24, 2.45) is 5.92 Å². The van der Waals surface area contributed by atoms with E-state index in [4.69, 9.17) is 4.74 Å². The van der Waals surface area contributed by atoms with Crippen molar-refractivity contribution in [2.75, 3.05) is 11.9 Å². The molecule has 0 aliphatic rings. The standard InChI is InChI=1S/C19H24N2O2/c1-13(2)12-23-16-8-5-7-15(11-16)18(22)17-9-6-10-20-19(17)21-14(3)4/h5-11,13-14H,12H2,1-4H3,(H,20,21). The van der Waals surface area contributed by atoms with Crippen LogP contribution in [-0.4, -0.2) is 23.4 Å². The molecular formula is C19H24N2O2. The Bertz CT molecular complexity index is 666. The van der Waals surface area contributed by atoms with Crippen LogP contribution in [0.25, 0.3) is 0 Å². The second-order valence-corrected chi connectivity index (χ2v) is 6.26. The van der Waals surface area contributed by atoms with E-state index in [-0.39, 0.29) is 11.8 Å². The van der Waals surface area contributed by atoms with Crippen LogP contribution < -0.4 is 10.1 Å². The van der Waals surface area contributed by atoms with Crippen molar-refractivity contribution in [1.82, 2.24) is 4.98 Å². The predicted octanol–water partition coefficient (Wildman–Crippen LogP) is 4.17. The Hall–Kier alpha value is -2.36. The number of benzene rings is 1. The lowest BCUT2D eigenvalue weighted by molar-refractivity contribution is 0.103. The van der Waals surface area contributed by atoms with Crippen LogP contribution in [0, 0.1) is 5.92 Å². The molecule has 2 rings (SSSR count). The molecule has 0 amide bonds. The Balaban J connectivity index is 2.25. The van der Waals surface area contributed by atoms with Crippen LogP contribution in [-0.2, 0) is 0 Å². The molecule has 0 bridgehead atoms. The van der Waals surface area contributed by atoms with E-state index in [0.717, 1.165) is 0 Å². The van der Waals surface area contributed by atoms with E-state index in [0.29, 0.717) is 35.2 Å². The number of ketones is 1. The maximum Gasteiger partial charge on any atom is 0.196 e. The van der Waals surface area contributed by atoms with Gasteiger partial charge in [0.1, 0.15) is 11.6 Å². The number of ether oxygens (including phenoxy) is 1. The number of carbonyl (C=O) groups is 1. The summed E-state index contributed by atoms with van der Waals surface area (Å²) in [7, 11) is 0. The van der Waals surface area contributed by atoms with E-state index in [1.54, 1.807) is 30.5 Å². The van der Waals surface area contributed by atoms with Gasteiger partial charge in [-0.2, -0.15) is 0 Å². The maximum absolute atomic E-state index is 12.8. The Labute approximate surface area is 137 Å². The summed E-state index contributed by atoms with van der Waals surface area (Å²) in [6.45, 7) is 8.85. The number of hydrogen-bond donors (Lipinski definition) is 1. The van der Waals surface area contributed by atoms with Gasteiger partial charge >= 0.3 is 0 Å². The summed E-state index contributed by atoms with van der Waals surface area (Å²) >= 11 is 0. The summed E-state index contributed by atoms with van der Waals surface area (Å²) in [5, 5.41) is 3.22. The van der Waals surface area contributed by atoms with Crippen molar-refractivity contribution >= 4 is 11.6 Å². The zero-order chi connectivity index (χ0) is 16.8. The number of pyridine rings is 1. The fourth-order valence-corrected chi connectivity index (χ4v) is 2.12. The van der Waals surface area contributed by atoms with Crippen molar-refractivity contribution in [3.63, 3.8) is 0 Å². The van der Waals surface area contributed by atoms with Gasteiger partial charge in [0, 0.05) is 17.8 Å². The number of nitrogens with one attached hydrogen (secondary N) is 1. The minimum Gasteiger partial charge on any atom is -0.493 e. The molecule has 0 aliphatic heterocycles. The predicted molar refractivity (Wildman–Crippen MR) is 93.2 cm³/mol. The van der Waals surface area contributed by atoms with Gasteiger partial charge in [0.05, 0.1) is 12.2 Å². The van der Waals surface area contributed by atoms with Crippen LogP contribution in [0.2, 0.25) is 0 Å². The molecule has 1 aromatic heterocycles. The summed E-state index contributed by atoms with van der Waals surface area (Å²) in [6.07, 6.45) is 1.68. The fourth-order valence-electron chi connectivity index (χ4n) is 2.12. The van der Waals surface area contributed by atoms with Gasteiger partial charge in [-0.25, -0.2) is 4.98 Å². The highest BCUT2D eigenvalue weighted by molar-refractivity contribution is 6.12. The van der Waals surface area contributed by atoms with Crippen LogP contribution in [0.3, 0.4) is 0 Å². The Morgan fingerprint density at radius 1 is 1.17 bits per heavy atom. The minimum absolute atomic E-state index is 0.0590. The molecule has 0 spiro atoms. The van der Waals surface area contributed by atoms with E-state index < -0.39 is 0 Å². The van der Waals surface area contributed by atoms with E-state index in [9.17, 15) is 4.79 Å². The molecule has 4 nitrogen and oxygen atoms in total. The molecule has 2 aromatic rings. The zero-order valence-electron chi connectivity index (χ0n) is 14.2. The first-order chi connectivity index (χ1) is 11.0. The first kappa shape index (κ1) is 17.0. The van der Waals surface area contributed by atoms with Crippen molar-refractivity contribution in [3.05, 3.63) is 53.7 Å². The van der Waals surface area contributed by atoms with Gasteiger partial charge in [0.25, 0.3) is 0 Å². The molecule has 4 heteroatoms. The van der Waals surface area contributed by atoms with Gasteiger partial charge in [-0.3, -0.25) is 4.79 Å². The van der Waals surface area contributed by atoms with Crippen LogP contribution in [0.4, 0.5) is 5.82 Å². The van der Waals surface area contributed by atoms with Crippen molar-refractivity contribution in [3.8, 4) is 5.75 Å². The average Bonchev–Trinajstić information content (AvgIpc) is 2.52. The van der Waals surface area contributed by atoms with Gasteiger partial charge in [-0.1, -0.05) is 26.0 Å². The van der Waals surface area contributed by atoms with Gasteiger partial charge in [-0.05, 0) is 44.0 Å². The van der Waals surface area contributed by atoms with Crippen LogP contribution in [0.15, 0.2) is 42.6 Å². The second-order valence-electron chi connectivity index (χ2n) is 6.26. The highest BCUT2D eigenvalue weighted by Gasteiger charge is 2.15. The minimum atomic E-state index is -0.0590. The summed E-state index contributed by atoms with van der Waals surface area (Å²) in [5.74, 6) is 1.71. The van der Waals surface area contributed by atoms with E-state index >= 15 is 0 Å². The van der Waals surface area contributed by atoms with E-state index in [2.05, 4.69) is 24.1 Å². The van der Waals surface area contributed by atoms with Gasteiger partial charge in [0.15, 0.2) is 5.78 Å². The SMILES string of the molecule is CC(C)COc1cccc(C(=O)c2cccnc2NC(C)C)c1. The normalized spacial score (nSPS) is 10.9.